The predicted octanol–water partition coefficient (Wildman–Crippen LogP) is 4.10. The fourth-order valence-electron chi connectivity index (χ4n) is 1.76. The Kier molecular flexibility index (Phi) is 3.33. The standard InChI is InChI=1S/C13H13ClOS/c1-8-6-9(2)16-13(8)12(15)10-4-3-5-11(14)7-10/h3-7,12,15H,1-2H3. The third kappa shape index (κ3) is 2.29. The van der Waals surface area contributed by atoms with Gasteiger partial charge in [-0.25, -0.2) is 0 Å². The van der Waals surface area contributed by atoms with E-state index < -0.39 is 6.10 Å². The van der Waals surface area contributed by atoms with Gasteiger partial charge in [0.1, 0.15) is 6.10 Å². The third-order valence-corrected chi connectivity index (χ3v) is 3.93. The van der Waals surface area contributed by atoms with Crippen molar-refractivity contribution in [1.29, 1.82) is 0 Å². The molecule has 84 valence electrons. The monoisotopic (exact) mass is 252 g/mol. The Bertz CT molecular complexity index is 504. The second kappa shape index (κ2) is 4.58. The quantitative estimate of drug-likeness (QED) is 0.853. The molecule has 0 saturated heterocycles. The Labute approximate surface area is 104 Å². The molecule has 0 spiro atoms. The topological polar surface area (TPSA) is 20.2 Å². The summed E-state index contributed by atoms with van der Waals surface area (Å²) in [6.45, 7) is 4.07. The summed E-state index contributed by atoms with van der Waals surface area (Å²) in [7, 11) is 0. The molecule has 3 heteroatoms. The van der Waals surface area contributed by atoms with E-state index in [1.165, 1.54) is 4.88 Å². The van der Waals surface area contributed by atoms with Crippen LogP contribution in [0.3, 0.4) is 0 Å². The van der Waals surface area contributed by atoms with Crippen LogP contribution in [0.2, 0.25) is 5.02 Å². The summed E-state index contributed by atoms with van der Waals surface area (Å²) in [6, 6.07) is 9.46. The van der Waals surface area contributed by atoms with Gasteiger partial charge >= 0.3 is 0 Å². The minimum atomic E-state index is -0.572. The number of aliphatic hydroxyl groups is 1. The molecule has 1 nitrogen and oxygen atoms in total. The largest absolute Gasteiger partial charge is 0.383 e. The van der Waals surface area contributed by atoms with Crippen molar-refractivity contribution < 1.29 is 5.11 Å². The molecule has 2 aromatic rings. The molecule has 1 heterocycles. The van der Waals surface area contributed by atoms with E-state index in [4.69, 9.17) is 11.6 Å². The van der Waals surface area contributed by atoms with Gasteiger partial charge < -0.3 is 5.11 Å². The molecule has 1 unspecified atom stereocenters. The van der Waals surface area contributed by atoms with Gasteiger partial charge in [0, 0.05) is 14.8 Å². The van der Waals surface area contributed by atoms with Gasteiger partial charge in [-0.05, 0) is 43.2 Å². The lowest BCUT2D eigenvalue weighted by Crippen LogP contribution is -1.98. The van der Waals surface area contributed by atoms with Crippen LogP contribution < -0.4 is 0 Å². The molecule has 1 aromatic heterocycles. The number of benzene rings is 1. The van der Waals surface area contributed by atoms with Crippen molar-refractivity contribution in [2.75, 3.05) is 0 Å². The van der Waals surface area contributed by atoms with Gasteiger partial charge in [-0.15, -0.1) is 11.3 Å². The average Bonchev–Trinajstić information content (AvgIpc) is 2.57. The molecule has 0 amide bonds. The van der Waals surface area contributed by atoms with Crippen LogP contribution in [0.15, 0.2) is 30.3 Å². The van der Waals surface area contributed by atoms with Crippen molar-refractivity contribution in [2.45, 2.75) is 20.0 Å². The molecule has 1 aromatic carbocycles. The fourth-order valence-corrected chi connectivity index (χ4v) is 3.01. The normalized spacial score (nSPS) is 12.8. The van der Waals surface area contributed by atoms with E-state index in [-0.39, 0.29) is 0 Å². The van der Waals surface area contributed by atoms with Crippen LogP contribution in [0.25, 0.3) is 0 Å². The maximum Gasteiger partial charge on any atom is 0.114 e. The van der Waals surface area contributed by atoms with Crippen molar-refractivity contribution in [3.05, 3.63) is 56.2 Å². The highest BCUT2D eigenvalue weighted by molar-refractivity contribution is 7.12. The molecule has 1 atom stereocenters. The smallest absolute Gasteiger partial charge is 0.114 e. The summed E-state index contributed by atoms with van der Waals surface area (Å²) < 4.78 is 0. The molecule has 0 aliphatic heterocycles. The molecule has 0 fully saturated rings. The lowest BCUT2D eigenvalue weighted by molar-refractivity contribution is 0.223. The molecule has 0 bridgehead atoms. The molecule has 0 aliphatic rings. The zero-order valence-corrected chi connectivity index (χ0v) is 10.8. The van der Waals surface area contributed by atoms with Gasteiger partial charge in [-0.1, -0.05) is 23.7 Å². The summed E-state index contributed by atoms with van der Waals surface area (Å²) in [4.78, 5) is 2.22. The number of aryl methyl sites for hydroxylation is 2. The van der Waals surface area contributed by atoms with Crippen molar-refractivity contribution >= 4 is 22.9 Å². The summed E-state index contributed by atoms with van der Waals surface area (Å²) in [5, 5.41) is 10.9. The maximum atomic E-state index is 10.3. The van der Waals surface area contributed by atoms with E-state index >= 15 is 0 Å². The predicted molar refractivity (Wildman–Crippen MR) is 69.3 cm³/mol. The first kappa shape index (κ1) is 11.6. The second-order valence-corrected chi connectivity index (χ2v) is 5.59. The maximum absolute atomic E-state index is 10.3. The summed E-state index contributed by atoms with van der Waals surface area (Å²) in [5.41, 5.74) is 1.98. The lowest BCUT2D eigenvalue weighted by atomic mass is 10.1. The van der Waals surface area contributed by atoms with E-state index in [2.05, 4.69) is 6.07 Å². The zero-order valence-electron chi connectivity index (χ0n) is 9.20. The average molecular weight is 253 g/mol. The Morgan fingerprint density at radius 3 is 2.56 bits per heavy atom. The van der Waals surface area contributed by atoms with E-state index in [1.807, 2.05) is 32.0 Å². The fraction of sp³-hybridized carbons (Fsp3) is 0.231. The molecule has 0 aliphatic carbocycles. The number of hydrogen-bond donors (Lipinski definition) is 1. The van der Waals surface area contributed by atoms with E-state index in [1.54, 1.807) is 17.4 Å². The first-order valence-electron chi connectivity index (χ1n) is 5.08. The SMILES string of the molecule is Cc1cc(C)c(C(O)c2cccc(Cl)c2)s1. The van der Waals surface area contributed by atoms with Crippen LogP contribution in [0, 0.1) is 13.8 Å². The molecular weight excluding hydrogens is 240 g/mol. The van der Waals surface area contributed by atoms with Crippen molar-refractivity contribution in [2.24, 2.45) is 0 Å². The van der Waals surface area contributed by atoms with Crippen molar-refractivity contribution in [1.82, 2.24) is 0 Å². The highest BCUT2D eigenvalue weighted by atomic mass is 35.5. The van der Waals surface area contributed by atoms with Crippen LogP contribution >= 0.6 is 22.9 Å². The Balaban J connectivity index is 2.38. The molecule has 2 rings (SSSR count). The van der Waals surface area contributed by atoms with Crippen LogP contribution in [0.5, 0.6) is 0 Å². The second-order valence-electron chi connectivity index (χ2n) is 3.86. The van der Waals surface area contributed by atoms with Gasteiger partial charge in [0.25, 0.3) is 0 Å². The molecular formula is C13H13ClOS. The van der Waals surface area contributed by atoms with Crippen molar-refractivity contribution in [3.63, 3.8) is 0 Å². The van der Waals surface area contributed by atoms with Crippen molar-refractivity contribution in [3.8, 4) is 0 Å². The summed E-state index contributed by atoms with van der Waals surface area (Å²) in [5.74, 6) is 0. The molecule has 0 radical (unpaired) electrons. The minimum Gasteiger partial charge on any atom is -0.383 e. The van der Waals surface area contributed by atoms with Gasteiger partial charge in [-0.3, -0.25) is 0 Å². The van der Waals surface area contributed by atoms with Crippen LogP contribution in [-0.2, 0) is 0 Å². The number of rotatable bonds is 2. The van der Waals surface area contributed by atoms with E-state index in [9.17, 15) is 5.11 Å². The zero-order chi connectivity index (χ0) is 11.7. The van der Waals surface area contributed by atoms with E-state index in [0.29, 0.717) is 5.02 Å². The Hall–Kier alpha value is -0.830. The van der Waals surface area contributed by atoms with Gasteiger partial charge in [-0.2, -0.15) is 0 Å². The first-order chi connectivity index (χ1) is 7.58. The van der Waals surface area contributed by atoms with Gasteiger partial charge in [0.2, 0.25) is 0 Å². The molecule has 1 N–H and O–H groups in total. The Morgan fingerprint density at radius 2 is 2.00 bits per heavy atom. The highest BCUT2D eigenvalue weighted by Gasteiger charge is 2.15. The highest BCUT2D eigenvalue weighted by Crippen LogP contribution is 2.32. The van der Waals surface area contributed by atoms with Crippen LogP contribution in [-0.4, -0.2) is 5.11 Å². The third-order valence-electron chi connectivity index (χ3n) is 2.49. The lowest BCUT2D eigenvalue weighted by Gasteiger charge is -2.10. The number of aliphatic hydroxyl groups excluding tert-OH is 1. The number of thiophene rings is 1. The summed E-state index contributed by atoms with van der Waals surface area (Å²) >= 11 is 7.54. The number of hydrogen-bond acceptors (Lipinski definition) is 2. The molecule has 0 saturated carbocycles. The Morgan fingerprint density at radius 1 is 1.25 bits per heavy atom. The number of halogens is 1. The van der Waals surface area contributed by atoms with Crippen LogP contribution in [0.4, 0.5) is 0 Å². The van der Waals surface area contributed by atoms with E-state index in [0.717, 1.165) is 16.0 Å². The minimum absolute atomic E-state index is 0.572. The van der Waals surface area contributed by atoms with Crippen LogP contribution in [0.1, 0.15) is 27.0 Å². The van der Waals surface area contributed by atoms with Gasteiger partial charge in [0.05, 0.1) is 0 Å². The summed E-state index contributed by atoms with van der Waals surface area (Å²) in [6.07, 6.45) is -0.572. The molecule has 16 heavy (non-hydrogen) atoms. The first-order valence-corrected chi connectivity index (χ1v) is 6.28. The van der Waals surface area contributed by atoms with Gasteiger partial charge in [0.15, 0.2) is 0 Å².